The summed E-state index contributed by atoms with van der Waals surface area (Å²) in [7, 11) is 0. The van der Waals surface area contributed by atoms with Crippen LogP contribution in [0.25, 0.3) is 5.82 Å². The molecule has 0 N–H and O–H groups in total. The highest BCUT2D eigenvalue weighted by atomic mass is 16.5. The molecule has 0 atom stereocenters. The van der Waals surface area contributed by atoms with E-state index in [2.05, 4.69) is 15.3 Å². The monoisotopic (exact) mass is 308 g/mol. The highest BCUT2D eigenvalue weighted by Crippen LogP contribution is 2.10. The number of hydrogen-bond donors (Lipinski definition) is 0. The van der Waals surface area contributed by atoms with Crippen molar-refractivity contribution < 1.29 is 9.53 Å². The lowest BCUT2D eigenvalue weighted by molar-refractivity contribution is 0.0526. The second-order valence-corrected chi connectivity index (χ2v) is 4.94. The van der Waals surface area contributed by atoms with Gasteiger partial charge in [-0.15, -0.1) is 5.10 Å². The summed E-state index contributed by atoms with van der Waals surface area (Å²) in [4.78, 5) is 15.8. The molecule has 0 aliphatic rings. The molecule has 2 heterocycles. The lowest BCUT2D eigenvalue weighted by atomic mass is 10.1. The summed E-state index contributed by atoms with van der Waals surface area (Å²) in [6, 6.07) is 13.4. The fraction of sp³-hybridized carbons (Fsp3) is 0.176. The Morgan fingerprint density at radius 3 is 2.70 bits per heavy atom. The van der Waals surface area contributed by atoms with E-state index in [9.17, 15) is 4.79 Å². The number of benzene rings is 1. The molecule has 0 fully saturated rings. The minimum Gasteiger partial charge on any atom is -0.462 e. The number of esters is 1. The smallest absolute Gasteiger partial charge is 0.339 e. The Kier molecular flexibility index (Phi) is 4.42. The van der Waals surface area contributed by atoms with Crippen molar-refractivity contribution in [2.75, 3.05) is 6.61 Å². The molecule has 3 aromatic rings. The topological polar surface area (TPSA) is 69.9 Å². The van der Waals surface area contributed by atoms with Gasteiger partial charge in [-0.25, -0.2) is 14.5 Å². The van der Waals surface area contributed by atoms with Gasteiger partial charge < -0.3 is 4.74 Å². The SMILES string of the molecule is CCOC(=O)c1ccc(-n2cc(Cc3ccccc3)nn2)nc1. The third-order valence-corrected chi connectivity index (χ3v) is 3.26. The molecule has 0 saturated carbocycles. The van der Waals surface area contributed by atoms with Crippen LogP contribution < -0.4 is 0 Å². The minimum absolute atomic E-state index is 0.340. The molecule has 0 saturated heterocycles. The Balaban J connectivity index is 1.74. The quantitative estimate of drug-likeness (QED) is 0.677. The van der Waals surface area contributed by atoms with E-state index in [-0.39, 0.29) is 5.97 Å². The van der Waals surface area contributed by atoms with E-state index < -0.39 is 0 Å². The van der Waals surface area contributed by atoms with Crippen molar-refractivity contribution in [2.45, 2.75) is 13.3 Å². The lowest BCUT2D eigenvalue weighted by Gasteiger charge is -2.02. The average Bonchev–Trinajstić information content (AvgIpc) is 3.05. The largest absolute Gasteiger partial charge is 0.462 e. The van der Waals surface area contributed by atoms with Crippen LogP contribution in [0, 0.1) is 0 Å². The van der Waals surface area contributed by atoms with Gasteiger partial charge in [0.05, 0.1) is 24.1 Å². The molecule has 3 rings (SSSR count). The maximum Gasteiger partial charge on any atom is 0.339 e. The molecule has 1 aromatic carbocycles. The van der Waals surface area contributed by atoms with Gasteiger partial charge in [0.1, 0.15) is 0 Å². The van der Waals surface area contributed by atoms with E-state index in [1.54, 1.807) is 23.7 Å². The second-order valence-electron chi connectivity index (χ2n) is 4.94. The van der Waals surface area contributed by atoms with E-state index in [1.165, 1.54) is 11.8 Å². The minimum atomic E-state index is -0.380. The number of nitrogens with zero attached hydrogens (tertiary/aromatic N) is 4. The van der Waals surface area contributed by atoms with Crippen LogP contribution in [-0.2, 0) is 11.2 Å². The molecule has 0 unspecified atom stereocenters. The third kappa shape index (κ3) is 3.60. The number of carbonyl (C=O) groups excluding carboxylic acids is 1. The van der Waals surface area contributed by atoms with Crippen LogP contribution in [0.3, 0.4) is 0 Å². The van der Waals surface area contributed by atoms with Crippen LogP contribution in [-0.4, -0.2) is 32.6 Å². The highest BCUT2D eigenvalue weighted by molar-refractivity contribution is 5.89. The van der Waals surface area contributed by atoms with Gasteiger partial charge in [-0.3, -0.25) is 0 Å². The molecule has 116 valence electrons. The summed E-state index contributed by atoms with van der Waals surface area (Å²) in [5.74, 6) is 0.222. The molecule has 23 heavy (non-hydrogen) atoms. The zero-order valence-electron chi connectivity index (χ0n) is 12.7. The molecular weight excluding hydrogens is 292 g/mol. The average molecular weight is 308 g/mol. The highest BCUT2D eigenvalue weighted by Gasteiger charge is 2.09. The molecular formula is C17H16N4O2. The second kappa shape index (κ2) is 6.83. The number of carbonyl (C=O) groups is 1. The fourth-order valence-corrected chi connectivity index (χ4v) is 2.15. The predicted octanol–water partition coefficient (Wildman–Crippen LogP) is 2.43. The summed E-state index contributed by atoms with van der Waals surface area (Å²) in [6.45, 7) is 2.11. The van der Waals surface area contributed by atoms with Crippen molar-refractivity contribution in [1.82, 2.24) is 20.0 Å². The van der Waals surface area contributed by atoms with Crippen LogP contribution in [0.2, 0.25) is 0 Å². The van der Waals surface area contributed by atoms with E-state index in [0.29, 0.717) is 24.4 Å². The van der Waals surface area contributed by atoms with Crippen molar-refractivity contribution in [3.05, 3.63) is 71.7 Å². The molecule has 0 bridgehead atoms. The molecule has 0 spiro atoms. The van der Waals surface area contributed by atoms with Crippen LogP contribution in [0.4, 0.5) is 0 Å². The number of rotatable bonds is 5. The summed E-state index contributed by atoms with van der Waals surface area (Å²) in [6.07, 6.45) is 4.02. The van der Waals surface area contributed by atoms with Crippen molar-refractivity contribution >= 4 is 5.97 Å². The molecule has 6 nitrogen and oxygen atoms in total. The molecule has 0 aliphatic carbocycles. The summed E-state index contributed by atoms with van der Waals surface area (Å²) >= 11 is 0. The number of hydrogen-bond acceptors (Lipinski definition) is 5. The van der Waals surface area contributed by atoms with E-state index >= 15 is 0 Å². The molecule has 6 heteroatoms. The van der Waals surface area contributed by atoms with Crippen molar-refractivity contribution in [1.29, 1.82) is 0 Å². The normalized spacial score (nSPS) is 10.5. The first-order valence-corrected chi connectivity index (χ1v) is 7.35. The van der Waals surface area contributed by atoms with E-state index in [4.69, 9.17) is 4.74 Å². The zero-order valence-corrected chi connectivity index (χ0v) is 12.7. The van der Waals surface area contributed by atoms with Gasteiger partial charge in [0.2, 0.25) is 0 Å². The van der Waals surface area contributed by atoms with Gasteiger partial charge in [-0.05, 0) is 24.6 Å². The van der Waals surface area contributed by atoms with E-state index in [1.807, 2.05) is 36.5 Å². The van der Waals surface area contributed by atoms with Crippen LogP contribution in [0.5, 0.6) is 0 Å². The number of pyridine rings is 1. The predicted molar refractivity (Wildman–Crippen MR) is 84.4 cm³/mol. The van der Waals surface area contributed by atoms with Gasteiger partial charge in [0.15, 0.2) is 5.82 Å². The van der Waals surface area contributed by atoms with E-state index in [0.717, 1.165) is 5.69 Å². The Hall–Kier alpha value is -3.02. The Labute approximate surface area is 133 Å². The van der Waals surface area contributed by atoms with Crippen LogP contribution in [0.1, 0.15) is 28.5 Å². The van der Waals surface area contributed by atoms with Crippen LogP contribution >= 0.6 is 0 Å². The Morgan fingerprint density at radius 1 is 1.17 bits per heavy atom. The third-order valence-electron chi connectivity index (χ3n) is 3.26. The molecule has 0 aliphatic heterocycles. The van der Waals surface area contributed by atoms with Gasteiger partial charge in [0.25, 0.3) is 0 Å². The number of ether oxygens (including phenoxy) is 1. The van der Waals surface area contributed by atoms with Crippen molar-refractivity contribution in [3.8, 4) is 5.82 Å². The maximum absolute atomic E-state index is 11.6. The number of aromatic nitrogens is 4. The summed E-state index contributed by atoms with van der Waals surface area (Å²) in [5.41, 5.74) is 2.44. The van der Waals surface area contributed by atoms with Gasteiger partial charge in [-0.2, -0.15) is 0 Å². The first kappa shape index (κ1) is 14.9. The zero-order chi connectivity index (χ0) is 16.1. The maximum atomic E-state index is 11.6. The van der Waals surface area contributed by atoms with Crippen LogP contribution in [0.15, 0.2) is 54.9 Å². The first-order valence-electron chi connectivity index (χ1n) is 7.35. The van der Waals surface area contributed by atoms with Crippen molar-refractivity contribution in [3.63, 3.8) is 0 Å². The fourth-order valence-electron chi connectivity index (χ4n) is 2.15. The molecule has 0 amide bonds. The first-order chi connectivity index (χ1) is 11.3. The van der Waals surface area contributed by atoms with Gasteiger partial charge in [-0.1, -0.05) is 35.5 Å². The van der Waals surface area contributed by atoms with Gasteiger partial charge in [0, 0.05) is 12.6 Å². The summed E-state index contributed by atoms with van der Waals surface area (Å²) < 4.78 is 6.52. The van der Waals surface area contributed by atoms with Gasteiger partial charge >= 0.3 is 5.97 Å². The van der Waals surface area contributed by atoms with Crippen molar-refractivity contribution in [2.24, 2.45) is 0 Å². The molecule has 2 aromatic heterocycles. The standard InChI is InChI=1S/C17H16N4O2/c1-2-23-17(22)14-8-9-16(18-11-14)21-12-15(19-20-21)10-13-6-4-3-5-7-13/h3-9,11-12H,2,10H2,1H3. The lowest BCUT2D eigenvalue weighted by Crippen LogP contribution is -2.06. The Bertz CT molecular complexity index is 782. The summed E-state index contributed by atoms with van der Waals surface area (Å²) in [5, 5.41) is 8.24. The Morgan fingerprint density at radius 2 is 2.00 bits per heavy atom. The molecule has 0 radical (unpaired) electrons.